The topological polar surface area (TPSA) is 69.0 Å². The number of anilines is 1. The Hall–Kier alpha value is -2.64. The van der Waals surface area contributed by atoms with Crippen molar-refractivity contribution < 1.29 is 14.0 Å². The zero-order valence-electron chi connectivity index (χ0n) is 17.5. The average molecular weight is 411 g/mol. The number of piperazine rings is 1. The highest BCUT2D eigenvalue weighted by Gasteiger charge is 2.33. The van der Waals surface area contributed by atoms with Crippen molar-refractivity contribution in [2.45, 2.75) is 31.8 Å². The molecule has 2 amide bonds. The summed E-state index contributed by atoms with van der Waals surface area (Å²) in [5.74, 6) is -0.0705. The number of nitrogens with one attached hydrogen (secondary N) is 1. The summed E-state index contributed by atoms with van der Waals surface area (Å²) in [5.41, 5.74) is 1.96. The Morgan fingerprint density at radius 3 is 2.67 bits per heavy atom. The summed E-state index contributed by atoms with van der Waals surface area (Å²) in [4.78, 5) is 32.2. The van der Waals surface area contributed by atoms with Gasteiger partial charge in [-0.05, 0) is 56.1 Å². The van der Waals surface area contributed by atoms with Crippen molar-refractivity contribution in [3.05, 3.63) is 54.0 Å². The fraction of sp³-hybridized carbons (Fsp3) is 0.478. The molecule has 3 heterocycles. The lowest BCUT2D eigenvalue weighted by atomic mass is 10.0. The Morgan fingerprint density at radius 2 is 1.90 bits per heavy atom. The molecular formula is C23H30N4O3. The van der Waals surface area contributed by atoms with E-state index in [-0.39, 0.29) is 17.6 Å². The fourth-order valence-corrected chi connectivity index (χ4v) is 4.23. The largest absolute Gasteiger partial charge is 0.459 e. The number of furan rings is 1. The van der Waals surface area contributed by atoms with Crippen LogP contribution in [0.5, 0.6) is 0 Å². The number of carbonyl (C=O) groups excluding carboxylic acids is 2. The third-order valence-corrected chi connectivity index (χ3v) is 5.99. The molecule has 2 aromatic rings. The minimum Gasteiger partial charge on any atom is -0.459 e. The number of hydrogen-bond donors (Lipinski definition) is 1. The van der Waals surface area contributed by atoms with Crippen LogP contribution in [0.3, 0.4) is 0 Å². The highest BCUT2D eigenvalue weighted by atomic mass is 16.3. The van der Waals surface area contributed by atoms with Crippen molar-refractivity contribution in [3.8, 4) is 0 Å². The maximum atomic E-state index is 13.0. The number of likely N-dealkylation sites (N-methyl/N-ethyl adjacent to an activating group) is 1. The smallest absolute Gasteiger partial charge is 0.290 e. The number of nitrogens with zero attached hydrogens (tertiary/aromatic N) is 3. The van der Waals surface area contributed by atoms with Crippen LogP contribution in [0.15, 0.2) is 47.1 Å². The molecular weight excluding hydrogens is 380 g/mol. The molecule has 0 radical (unpaired) electrons. The number of rotatable bonds is 5. The fourth-order valence-electron chi connectivity index (χ4n) is 4.23. The van der Waals surface area contributed by atoms with Gasteiger partial charge in [-0.2, -0.15) is 0 Å². The second kappa shape index (κ2) is 9.45. The van der Waals surface area contributed by atoms with E-state index in [1.54, 1.807) is 17.0 Å². The molecule has 160 valence electrons. The van der Waals surface area contributed by atoms with E-state index in [4.69, 9.17) is 4.42 Å². The Balaban J connectivity index is 1.40. The highest BCUT2D eigenvalue weighted by Crippen LogP contribution is 2.22. The number of hydrogen-bond acceptors (Lipinski definition) is 5. The maximum absolute atomic E-state index is 13.0. The molecule has 7 nitrogen and oxygen atoms in total. The lowest BCUT2D eigenvalue weighted by Gasteiger charge is -2.34. The predicted molar refractivity (Wildman–Crippen MR) is 115 cm³/mol. The summed E-state index contributed by atoms with van der Waals surface area (Å²) in [6.07, 6.45) is 3.98. The number of carbonyl (C=O) groups is 2. The summed E-state index contributed by atoms with van der Waals surface area (Å²) >= 11 is 0. The molecule has 0 aliphatic carbocycles. The van der Waals surface area contributed by atoms with Crippen LogP contribution in [0.2, 0.25) is 0 Å². The van der Waals surface area contributed by atoms with Crippen LogP contribution in [0.25, 0.3) is 0 Å². The molecule has 30 heavy (non-hydrogen) atoms. The lowest BCUT2D eigenvalue weighted by Crippen LogP contribution is -2.49. The molecule has 0 spiro atoms. The summed E-state index contributed by atoms with van der Waals surface area (Å²) in [5, 5.41) is 3.04. The molecule has 1 aromatic carbocycles. The number of piperidine rings is 1. The molecule has 1 aromatic heterocycles. The van der Waals surface area contributed by atoms with Gasteiger partial charge < -0.3 is 19.5 Å². The molecule has 7 heteroatoms. The van der Waals surface area contributed by atoms with E-state index in [2.05, 4.69) is 28.2 Å². The normalized spacial score (nSPS) is 20.8. The van der Waals surface area contributed by atoms with Crippen LogP contribution < -0.4 is 5.32 Å². The number of likely N-dealkylation sites (tertiary alicyclic amines) is 1. The first-order valence-corrected chi connectivity index (χ1v) is 10.8. The zero-order chi connectivity index (χ0) is 20.9. The van der Waals surface area contributed by atoms with E-state index >= 15 is 0 Å². The second-order valence-corrected chi connectivity index (χ2v) is 8.26. The van der Waals surface area contributed by atoms with E-state index in [0.29, 0.717) is 13.0 Å². The molecule has 2 saturated heterocycles. The molecule has 0 saturated carbocycles. The Kier molecular flexibility index (Phi) is 6.50. The molecule has 1 N–H and O–H groups in total. The lowest BCUT2D eigenvalue weighted by molar-refractivity contribution is -0.121. The van der Waals surface area contributed by atoms with Gasteiger partial charge >= 0.3 is 0 Å². The van der Waals surface area contributed by atoms with Crippen LogP contribution >= 0.6 is 0 Å². The van der Waals surface area contributed by atoms with E-state index in [1.165, 1.54) is 11.8 Å². The van der Waals surface area contributed by atoms with E-state index < -0.39 is 6.04 Å². The van der Waals surface area contributed by atoms with Crippen LogP contribution in [0.1, 0.15) is 35.4 Å². The van der Waals surface area contributed by atoms with Gasteiger partial charge in [0.2, 0.25) is 5.91 Å². The number of amides is 2. The van der Waals surface area contributed by atoms with Crippen molar-refractivity contribution in [1.82, 2.24) is 14.7 Å². The maximum Gasteiger partial charge on any atom is 0.290 e. The van der Waals surface area contributed by atoms with Crippen LogP contribution in [-0.4, -0.2) is 72.3 Å². The van der Waals surface area contributed by atoms with E-state index in [9.17, 15) is 9.59 Å². The van der Waals surface area contributed by atoms with Gasteiger partial charge in [0.25, 0.3) is 5.91 Å². The summed E-state index contributed by atoms with van der Waals surface area (Å²) in [6.45, 7) is 5.72. The van der Waals surface area contributed by atoms with Crippen LogP contribution in [0, 0.1) is 0 Å². The zero-order valence-corrected chi connectivity index (χ0v) is 17.5. The molecule has 2 aliphatic heterocycles. The van der Waals surface area contributed by atoms with Gasteiger partial charge in [-0.25, -0.2) is 0 Å². The predicted octanol–water partition coefficient (Wildman–Crippen LogP) is 2.66. The second-order valence-electron chi connectivity index (χ2n) is 8.26. The van der Waals surface area contributed by atoms with Crippen LogP contribution in [-0.2, 0) is 11.3 Å². The molecule has 2 aliphatic rings. The first kappa shape index (κ1) is 20.6. The molecule has 1 atom stereocenters. The quantitative estimate of drug-likeness (QED) is 0.821. The Morgan fingerprint density at radius 1 is 1.07 bits per heavy atom. The van der Waals surface area contributed by atoms with Crippen molar-refractivity contribution in [1.29, 1.82) is 0 Å². The third-order valence-electron chi connectivity index (χ3n) is 5.99. The standard InChI is InChI=1S/C23H30N4O3/c1-25-11-13-26(14-12-25)17-18-6-4-7-19(16-18)24-22(28)20-8-2-3-10-27(20)23(29)21-9-5-15-30-21/h4-7,9,15-16,20H,2-3,8,10-14,17H2,1H3,(H,24,28). The Bertz CT molecular complexity index is 859. The van der Waals surface area contributed by atoms with Crippen molar-refractivity contribution >= 4 is 17.5 Å². The third kappa shape index (κ3) is 4.91. The van der Waals surface area contributed by atoms with Crippen molar-refractivity contribution in [3.63, 3.8) is 0 Å². The molecule has 2 fully saturated rings. The highest BCUT2D eigenvalue weighted by molar-refractivity contribution is 6.00. The summed E-state index contributed by atoms with van der Waals surface area (Å²) in [7, 11) is 2.15. The van der Waals surface area contributed by atoms with Gasteiger partial charge in [0.15, 0.2) is 5.76 Å². The van der Waals surface area contributed by atoms with Crippen molar-refractivity contribution in [2.24, 2.45) is 0 Å². The van der Waals surface area contributed by atoms with Gasteiger partial charge in [0, 0.05) is 45.0 Å². The van der Waals surface area contributed by atoms with Crippen LogP contribution in [0.4, 0.5) is 5.69 Å². The van der Waals surface area contributed by atoms with E-state index in [1.807, 2.05) is 18.2 Å². The molecule has 1 unspecified atom stereocenters. The summed E-state index contributed by atoms with van der Waals surface area (Å²) < 4.78 is 5.26. The van der Waals surface area contributed by atoms with Gasteiger partial charge in [-0.15, -0.1) is 0 Å². The first-order chi connectivity index (χ1) is 14.6. The average Bonchev–Trinajstić information content (AvgIpc) is 3.30. The molecule has 4 rings (SSSR count). The first-order valence-electron chi connectivity index (χ1n) is 10.8. The number of benzene rings is 1. The summed E-state index contributed by atoms with van der Waals surface area (Å²) in [6, 6.07) is 10.9. The Labute approximate surface area is 177 Å². The minimum atomic E-state index is -0.474. The van der Waals surface area contributed by atoms with E-state index in [0.717, 1.165) is 51.3 Å². The van der Waals surface area contributed by atoms with Gasteiger partial charge in [-0.1, -0.05) is 12.1 Å². The van der Waals surface area contributed by atoms with Crippen molar-refractivity contribution in [2.75, 3.05) is 45.1 Å². The van der Waals surface area contributed by atoms with Gasteiger partial charge in [-0.3, -0.25) is 14.5 Å². The minimum absolute atomic E-state index is 0.133. The SMILES string of the molecule is CN1CCN(Cc2cccc(NC(=O)C3CCCCN3C(=O)c3ccco3)c2)CC1. The van der Waals surface area contributed by atoms with Gasteiger partial charge in [0.05, 0.1) is 6.26 Å². The monoisotopic (exact) mass is 410 g/mol. The molecule has 0 bridgehead atoms. The van der Waals surface area contributed by atoms with Gasteiger partial charge in [0.1, 0.15) is 6.04 Å².